The number of benzene rings is 1. The van der Waals surface area contributed by atoms with E-state index in [0.29, 0.717) is 18.0 Å². The van der Waals surface area contributed by atoms with E-state index in [9.17, 15) is 4.79 Å². The highest BCUT2D eigenvalue weighted by Gasteiger charge is 2.12. The van der Waals surface area contributed by atoms with E-state index in [2.05, 4.69) is 52.0 Å². The van der Waals surface area contributed by atoms with Crippen molar-refractivity contribution in [1.82, 2.24) is 15.5 Å². The Kier molecular flexibility index (Phi) is 6.49. The van der Waals surface area contributed by atoms with Gasteiger partial charge in [-0.15, -0.1) is 10.2 Å². The molecule has 124 valence electrons. The van der Waals surface area contributed by atoms with Gasteiger partial charge in [-0.05, 0) is 25.3 Å². The van der Waals surface area contributed by atoms with Gasteiger partial charge < -0.3 is 10.4 Å². The molecule has 0 saturated carbocycles. The van der Waals surface area contributed by atoms with Crippen molar-refractivity contribution < 1.29 is 9.90 Å². The standard InChI is InChI=1S/C16H22N4O2S/c1-3-13(8-9-21)17-15(22)18-16-20-19-14(23-16)10-12-6-4-11(2)5-7-12/h4-7,13,21H,3,8-10H2,1-2H3,(H2,17,18,20,22). The number of nitrogens with one attached hydrogen (secondary N) is 2. The average Bonchev–Trinajstić information content (AvgIpc) is 2.96. The molecule has 2 amide bonds. The summed E-state index contributed by atoms with van der Waals surface area (Å²) in [4.78, 5) is 11.9. The van der Waals surface area contributed by atoms with Crippen molar-refractivity contribution in [3.63, 3.8) is 0 Å². The van der Waals surface area contributed by atoms with Crippen molar-refractivity contribution >= 4 is 22.5 Å². The first-order valence-corrected chi connectivity index (χ1v) is 8.48. The zero-order valence-corrected chi connectivity index (χ0v) is 14.2. The number of aromatic nitrogens is 2. The molecule has 1 aromatic carbocycles. The molecule has 0 radical (unpaired) electrons. The average molecular weight is 334 g/mol. The van der Waals surface area contributed by atoms with E-state index >= 15 is 0 Å². The normalized spacial score (nSPS) is 12.0. The Bertz CT molecular complexity index is 627. The van der Waals surface area contributed by atoms with Gasteiger partial charge in [-0.2, -0.15) is 0 Å². The Balaban J connectivity index is 1.89. The number of aliphatic hydroxyl groups excluding tert-OH is 1. The Morgan fingerprint density at radius 3 is 2.70 bits per heavy atom. The maximum atomic E-state index is 11.9. The molecule has 0 spiro atoms. The monoisotopic (exact) mass is 334 g/mol. The number of anilines is 1. The fraction of sp³-hybridized carbons (Fsp3) is 0.438. The van der Waals surface area contributed by atoms with Gasteiger partial charge in [-0.3, -0.25) is 5.32 Å². The van der Waals surface area contributed by atoms with Gasteiger partial charge in [0, 0.05) is 19.1 Å². The van der Waals surface area contributed by atoms with Gasteiger partial charge in [0.15, 0.2) is 0 Å². The first-order valence-electron chi connectivity index (χ1n) is 7.67. The van der Waals surface area contributed by atoms with Crippen LogP contribution in [0.1, 0.15) is 35.9 Å². The van der Waals surface area contributed by atoms with E-state index in [1.165, 1.54) is 16.9 Å². The molecule has 7 heteroatoms. The van der Waals surface area contributed by atoms with Gasteiger partial charge in [-0.1, -0.05) is 48.1 Å². The van der Waals surface area contributed by atoms with Crippen LogP contribution in [0.2, 0.25) is 0 Å². The van der Waals surface area contributed by atoms with Gasteiger partial charge in [0.25, 0.3) is 0 Å². The summed E-state index contributed by atoms with van der Waals surface area (Å²) in [5.74, 6) is 0. The van der Waals surface area contributed by atoms with Crippen LogP contribution in [0.4, 0.5) is 9.93 Å². The molecule has 23 heavy (non-hydrogen) atoms. The number of hydrogen-bond acceptors (Lipinski definition) is 5. The summed E-state index contributed by atoms with van der Waals surface area (Å²) in [5.41, 5.74) is 2.38. The van der Waals surface area contributed by atoms with E-state index < -0.39 is 0 Å². The fourth-order valence-electron chi connectivity index (χ4n) is 2.11. The van der Waals surface area contributed by atoms with E-state index in [1.54, 1.807) is 0 Å². The molecule has 0 saturated heterocycles. The van der Waals surface area contributed by atoms with Crippen LogP contribution >= 0.6 is 11.3 Å². The lowest BCUT2D eigenvalue weighted by Crippen LogP contribution is -2.38. The first kappa shape index (κ1) is 17.4. The Labute approximate surface area is 140 Å². The third kappa shape index (κ3) is 5.61. The number of aryl methyl sites for hydroxylation is 1. The Hall–Kier alpha value is -1.99. The van der Waals surface area contributed by atoms with Crippen molar-refractivity contribution in [2.24, 2.45) is 0 Å². The van der Waals surface area contributed by atoms with Crippen LogP contribution in [0.3, 0.4) is 0 Å². The predicted octanol–water partition coefficient (Wildman–Crippen LogP) is 2.72. The number of rotatable bonds is 7. The molecular weight excluding hydrogens is 312 g/mol. The predicted molar refractivity (Wildman–Crippen MR) is 91.8 cm³/mol. The molecule has 0 aliphatic carbocycles. The zero-order chi connectivity index (χ0) is 16.7. The molecule has 3 N–H and O–H groups in total. The minimum absolute atomic E-state index is 0.0417. The molecule has 1 unspecified atom stereocenters. The lowest BCUT2D eigenvalue weighted by molar-refractivity contribution is 0.237. The smallest absolute Gasteiger partial charge is 0.321 e. The second-order valence-corrected chi connectivity index (χ2v) is 6.44. The molecule has 2 rings (SSSR count). The fourth-order valence-corrected chi connectivity index (χ4v) is 2.88. The molecule has 1 atom stereocenters. The van der Waals surface area contributed by atoms with E-state index in [1.807, 2.05) is 6.92 Å². The summed E-state index contributed by atoms with van der Waals surface area (Å²) in [6.45, 7) is 4.07. The highest BCUT2D eigenvalue weighted by molar-refractivity contribution is 7.15. The summed E-state index contributed by atoms with van der Waals surface area (Å²) in [7, 11) is 0. The van der Waals surface area contributed by atoms with Crippen LogP contribution in [0.15, 0.2) is 24.3 Å². The lowest BCUT2D eigenvalue weighted by Gasteiger charge is -2.15. The highest BCUT2D eigenvalue weighted by Crippen LogP contribution is 2.18. The first-order chi connectivity index (χ1) is 11.1. The minimum Gasteiger partial charge on any atom is -0.396 e. The zero-order valence-electron chi connectivity index (χ0n) is 13.4. The summed E-state index contributed by atoms with van der Waals surface area (Å²) in [5, 5.41) is 23.9. The van der Waals surface area contributed by atoms with E-state index in [-0.39, 0.29) is 18.7 Å². The van der Waals surface area contributed by atoms with Crippen LogP contribution < -0.4 is 10.6 Å². The van der Waals surface area contributed by atoms with Gasteiger partial charge in [0.1, 0.15) is 5.01 Å². The molecule has 6 nitrogen and oxygen atoms in total. The van der Waals surface area contributed by atoms with Gasteiger partial charge >= 0.3 is 6.03 Å². The number of urea groups is 1. The molecule has 1 heterocycles. The van der Waals surface area contributed by atoms with Crippen LogP contribution in [0.25, 0.3) is 0 Å². The summed E-state index contributed by atoms with van der Waals surface area (Å²) >= 11 is 1.36. The van der Waals surface area contributed by atoms with Crippen LogP contribution in [-0.4, -0.2) is 34.0 Å². The largest absolute Gasteiger partial charge is 0.396 e. The summed E-state index contributed by atoms with van der Waals surface area (Å²) in [6, 6.07) is 7.90. The second-order valence-electron chi connectivity index (χ2n) is 5.38. The third-order valence-electron chi connectivity index (χ3n) is 3.47. The molecule has 1 aromatic heterocycles. The molecule has 0 fully saturated rings. The van der Waals surface area contributed by atoms with Crippen molar-refractivity contribution in [2.45, 2.75) is 39.2 Å². The number of carbonyl (C=O) groups is 1. The number of carbonyl (C=O) groups excluding carboxylic acids is 1. The SMILES string of the molecule is CCC(CCO)NC(=O)Nc1nnc(Cc2ccc(C)cc2)s1. The molecule has 0 aliphatic rings. The Morgan fingerprint density at radius 1 is 1.30 bits per heavy atom. The van der Waals surface area contributed by atoms with Gasteiger partial charge in [0.05, 0.1) is 0 Å². The van der Waals surface area contributed by atoms with Crippen molar-refractivity contribution in [3.05, 3.63) is 40.4 Å². The molecule has 0 bridgehead atoms. The lowest BCUT2D eigenvalue weighted by atomic mass is 10.1. The molecular formula is C16H22N4O2S. The third-order valence-corrected chi connectivity index (χ3v) is 4.31. The number of nitrogens with zero attached hydrogens (tertiary/aromatic N) is 2. The maximum absolute atomic E-state index is 11.9. The highest BCUT2D eigenvalue weighted by atomic mass is 32.1. The Morgan fingerprint density at radius 2 is 2.04 bits per heavy atom. The second kappa shape index (κ2) is 8.59. The van der Waals surface area contributed by atoms with Gasteiger partial charge in [-0.25, -0.2) is 4.79 Å². The van der Waals surface area contributed by atoms with E-state index in [4.69, 9.17) is 5.11 Å². The number of aliphatic hydroxyl groups is 1. The van der Waals surface area contributed by atoms with E-state index in [0.717, 1.165) is 17.0 Å². The minimum atomic E-state index is -0.316. The van der Waals surface area contributed by atoms with Crippen molar-refractivity contribution in [1.29, 1.82) is 0 Å². The van der Waals surface area contributed by atoms with Crippen LogP contribution in [0, 0.1) is 6.92 Å². The summed E-state index contributed by atoms with van der Waals surface area (Å²) in [6.07, 6.45) is 2.00. The molecule has 2 aromatic rings. The maximum Gasteiger partial charge on any atom is 0.321 e. The topological polar surface area (TPSA) is 87.1 Å². The summed E-state index contributed by atoms with van der Waals surface area (Å²) < 4.78 is 0. The number of hydrogen-bond donors (Lipinski definition) is 3. The van der Waals surface area contributed by atoms with Crippen molar-refractivity contribution in [2.75, 3.05) is 11.9 Å². The quantitative estimate of drug-likeness (QED) is 0.726. The van der Waals surface area contributed by atoms with Crippen LogP contribution in [0.5, 0.6) is 0 Å². The molecule has 0 aliphatic heterocycles. The van der Waals surface area contributed by atoms with Crippen molar-refractivity contribution in [3.8, 4) is 0 Å². The van der Waals surface area contributed by atoms with Gasteiger partial charge in [0.2, 0.25) is 5.13 Å². The number of amides is 2. The van der Waals surface area contributed by atoms with Crippen LogP contribution in [-0.2, 0) is 6.42 Å².